The van der Waals surface area contributed by atoms with Gasteiger partial charge in [-0.1, -0.05) is 44.2 Å². The van der Waals surface area contributed by atoms with Crippen LogP contribution >= 0.6 is 0 Å². The number of carbonyl (C=O) groups excluding carboxylic acids is 3. The average Bonchev–Trinajstić information content (AvgIpc) is 2.88. The molecule has 1 fully saturated rings. The van der Waals surface area contributed by atoms with Crippen molar-refractivity contribution >= 4 is 23.6 Å². The van der Waals surface area contributed by atoms with Crippen molar-refractivity contribution in [2.45, 2.75) is 26.7 Å². The molecule has 0 aliphatic carbocycles. The molecule has 1 saturated heterocycles. The Labute approximate surface area is 205 Å². The maximum Gasteiger partial charge on any atom is 0.409 e. The fourth-order valence-electron chi connectivity index (χ4n) is 3.91. The second-order valence-corrected chi connectivity index (χ2v) is 8.99. The molecule has 1 heterocycles. The lowest BCUT2D eigenvalue weighted by atomic mass is 9.84. The van der Waals surface area contributed by atoms with Crippen LogP contribution in [0.1, 0.15) is 25.8 Å². The Kier molecular flexibility index (Phi) is 9.48. The molecule has 1 aliphatic rings. The van der Waals surface area contributed by atoms with Crippen molar-refractivity contribution in [1.29, 1.82) is 0 Å². The van der Waals surface area contributed by atoms with Gasteiger partial charge in [0.1, 0.15) is 5.75 Å². The molecule has 0 aromatic heterocycles. The van der Waals surface area contributed by atoms with Crippen LogP contribution in [0.15, 0.2) is 54.6 Å². The fraction of sp³-hybridized carbons (Fsp3) is 0.423. The Balaban J connectivity index is 1.54. The number of amides is 3. The molecule has 0 unspecified atom stereocenters. The number of nitrogens with zero attached hydrogens (tertiary/aromatic N) is 1. The monoisotopic (exact) mass is 483 g/mol. The van der Waals surface area contributed by atoms with Crippen molar-refractivity contribution in [3.8, 4) is 5.75 Å². The number of benzene rings is 2. The summed E-state index contributed by atoms with van der Waals surface area (Å²) in [5.41, 5.74) is 3.37. The van der Waals surface area contributed by atoms with Gasteiger partial charge in [-0.2, -0.15) is 0 Å². The number of rotatable bonds is 9. The lowest BCUT2D eigenvalue weighted by Gasteiger charge is -2.36. The van der Waals surface area contributed by atoms with Crippen molar-refractivity contribution in [3.63, 3.8) is 0 Å². The third-order valence-corrected chi connectivity index (χ3v) is 5.82. The third kappa shape index (κ3) is 7.71. The van der Waals surface area contributed by atoms with Crippen molar-refractivity contribution < 1.29 is 29.1 Å². The molecule has 188 valence electrons. The first-order valence-electron chi connectivity index (χ1n) is 11.8. The minimum atomic E-state index is -0.902. The van der Waals surface area contributed by atoms with Crippen molar-refractivity contribution in [2.24, 2.45) is 17.8 Å². The van der Waals surface area contributed by atoms with Crippen LogP contribution in [0.4, 0.5) is 10.5 Å². The standard InChI is InChI=1S/C26H33N3O6/c1-18(2)17-35-26(32)29-14-12-22(23(16-29)25(31)28-33)24(30)27-20-8-10-21(11-9-20)34-15-13-19-6-4-3-5-7-19/h3-11,18,22-23,33H,12-17H2,1-2H3,(H,27,30)(H,28,31)/t22-,23-/m0/s1. The molecule has 1 aliphatic heterocycles. The minimum Gasteiger partial charge on any atom is -0.493 e. The molecular formula is C26H33N3O6. The van der Waals surface area contributed by atoms with E-state index in [0.717, 1.165) is 6.42 Å². The van der Waals surface area contributed by atoms with Gasteiger partial charge in [-0.15, -0.1) is 0 Å². The van der Waals surface area contributed by atoms with Gasteiger partial charge in [0.15, 0.2) is 0 Å². The fourth-order valence-corrected chi connectivity index (χ4v) is 3.91. The molecular weight excluding hydrogens is 450 g/mol. The van der Waals surface area contributed by atoms with E-state index < -0.39 is 23.8 Å². The molecule has 2 aromatic rings. The maximum absolute atomic E-state index is 13.0. The number of hydroxylamine groups is 1. The molecule has 35 heavy (non-hydrogen) atoms. The number of piperidine rings is 1. The first-order valence-corrected chi connectivity index (χ1v) is 11.8. The molecule has 2 aromatic carbocycles. The lowest BCUT2D eigenvalue weighted by molar-refractivity contribution is -0.141. The van der Waals surface area contributed by atoms with Gasteiger partial charge in [-0.3, -0.25) is 14.8 Å². The van der Waals surface area contributed by atoms with Gasteiger partial charge in [-0.25, -0.2) is 10.3 Å². The smallest absolute Gasteiger partial charge is 0.409 e. The number of hydrogen-bond acceptors (Lipinski definition) is 6. The molecule has 3 rings (SSSR count). The topological polar surface area (TPSA) is 117 Å². The Morgan fingerprint density at radius 3 is 2.40 bits per heavy atom. The van der Waals surface area contributed by atoms with E-state index in [-0.39, 0.29) is 37.9 Å². The number of carbonyl (C=O) groups is 3. The zero-order valence-electron chi connectivity index (χ0n) is 20.1. The van der Waals surface area contributed by atoms with Gasteiger partial charge in [0.25, 0.3) is 0 Å². The molecule has 0 spiro atoms. The van der Waals surface area contributed by atoms with Crippen LogP contribution < -0.4 is 15.5 Å². The minimum absolute atomic E-state index is 0.0183. The molecule has 0 bridgehead atoms. The zero-order chi connectivity index (χ0) is 25.2. The van der Waals surface area contributed by atoms with E-state index in [1.807, 2.05) is 44.2 Å². The molecule has 9 nitrogen and oxygen atoms in total. The van der Waals surface area contributed by atoms with Crippen LogP contribution in [0.5, 0.6) is 5.75 Å². The summed E-state index contributed by atoms with van der Waals surface area (Å²) in [7, 11) is 0. The maximum atomic E-state index is 13.0. The lowest BCUT2D eigenvalue weighted by Crippen LogP contribution is -2.52. The Morgan fingerprint density at radius 2 is 1.74 bits per heavy atom. The van der Waals surface area contributed by atoms with E-state index in [1.165, 1.54) is 10.5 Å². The Bertz CT molecular complexity index is 980. The van der Waals surface area contributed by atoms with Crippen molar-refractivity contribution in [3.05, 3.63) is 60.2 Å². The molecule has 3 N–H and O–H groups in total. The Morgan fingerprint density at radius 1 is 1.03 bits per heavy atom. The number of anilines is 1. The first-order chi connectivity index (χ1) is 16.9. The van der Waals surface area contributed by atoms with Crippen molar-refractivity contribution in [1.82, 2.24) is 10.4 Å². The van der Waals surface area contributed by atoms with Crippen LogP contribution in [0.2, 0.25) is 0 Å². The summed E-state index contributed by atoms with van der Waals surface area (Å²) in [6.07, 6.45) is 0.523. The SMILES string of the molecule is CC(C)COC(=O)N1CC[C@H](C(=O)Nc2ccc(OCCc3ccccc3)cc2)[C@@H](C(=O)NO)C1. The van der Waals surface area contributed by atoms with E-state index in [4.69, 9.17) is 9.47 Å². The van der Waals surface area contributed by atoms with Crippen LogP contribution in [0.25, 0.3) is 0 Å². The van der Waals surface area contributed by atoms with E-state index >= 15 is 0 Å². The predicted molar refractivity (Wildman–Crippen MR) is 130 cm³/mol. The number of hydrogen-bond donors (Lipinski definition) is 3. The summed E-state index contributed by atoms with van der Waals surface area (Å²) in [4.78, 5) is 39.0. The molecule has 2 atom stereocenters. The summed E-state index contributed by atoms with van der Waals surface area (Å²) in [5, 5.41) is 12.0. The summed E-state index contributed by atoms with van der Waals surface area (Å²) < 4.78 is 11.0. The molecule has 0 radical (unpaired) electrons. The molecule has 9 heteroatoms. The molecule has 3 amide bonds. The van der Waals surface area contributed by atoms with E-state index in [1.54, 1.807) is 29.7 Å². The number of ether oxygens (including phenoxy) is 2. The van der Waals surface area contributed by atoms with E-state index in [0.29, 0.717) is 18.0 Å². The quantitative estimate of drug-likeness (QED) is 0.371. The Hall–Kier alpha value is -3.59. The van der Waals surface area contributed by atoms with Gasteiger partial charge in [0.05, 0.1) is 25.0 Å². The van der Waals surface area contributed by atoms with Crippen LogP contribution in [0, 0.1) is 17.8 Å². The largest absolute Gasteiger partial charge is 0.493 e. The third-order valence-electron chi connectivity index (χ3n) is 5.82. The van der Waals surface area contributed by atoms with E-state index in [9.17, 15) is 19.6 Å². The van der Waals surface area contributed by atoms with Gasteiger partial charge in [0, 0.05) is 25.2 Å². The van der Waals surface area contributed by atoms with Gasteiger partial charge in [-0.05, 0) is 42.2 Å². The highest BCUT2D eigenvalue weighted by Gasteiger charge is 2.40. The van der Waals surface area contributed by atoms with E-state index in [2.05, 4.69) is 5.32 Å². The summed E-state index contributed by atoms with van der Waals surface area (Å²) in [6, 6.07) is 17.0. The highest BCUT2D eigenvalue weighted by atomic mass is 16.6. The van der Waals surface area contributed by atoms with Gasteiger partial charge in [0.2, 0.25) is 11.8 Å². The summed E-state index contributed by atoms with van der Waals surface area (Å²) in [6.45, 7) is 4.91. The zero-order valence-corrected chi connectivity index (χ0v) is 20.1. The highest BCUT2D eigenvalue weighted by molar-refractivity contribution is 5.96. The summed E-state index contributed by atoms with van der Waals surface area (Å²) in [5.74, 6) is -1.82. The average molecular weight is 484 g/mol. The second kappa shape index (κ2) is 12.8. The second-order valence-electron chi connectivity index (χ2n) is 8.99. The van der Waals surface area contributed by atoms with Gasteiger partial charge >= 0.3 is 6.09 Å². The first kappa shape index (κ1) is 26.0. The van der Waals surface area contributed by atoms with Crippen LogP contribution in [0.3, 0.4) is 0 Å². The predicted octanol–water partition coefficient (Wildman–Crippen LogP) is 3.48. The molecule has 0 saturated carbocycles. The number of likely N-dealkylation sites (tertiary alicyclic amines) is 1. The van der Waals surface area contributed by atoms with Crippen LogP contribution in [-0.4, -0.2) is 54.3 Å². The summed E-state index contributed by atoms with van der Waals surface area (Å²) >= 11 is 0. The highest BCUT2D eigenvalue weighted by Crippen LogP contribution is 2.27. The van der Waals surface area contributed by atoms with Crippen LogP contribution in [-0.2, 0) is 20.7 Å². The van der Waals surface area contributed by atoms with Crippen molar-refractivity contribution in [2.75, 3.05) is 31.6 Å². The van der Waals surface area contributed by atoms with Gasteiger partial charge < -0.3 is 19.7 Å². The normalized spacial score (nSPS) is 17.5. The number of nitrogens with one attached hydrogen (secondary N) is 2.